The highest BCUT2D eigenvalue weighted by Crippen LogP contribution is 2.38. The molecule has 2 aromatic rings. The monoisotopic (exact) mass is 300 g/mol. The van der Waals surface area contributed by atoms with Crippen LogP contribution in [0.15, 0.2) is 52.7 Å². The minimum atomic E-state index is 0.00967. The van der Waals surface area contributed by atoms with Gasteiger partial charge in [0, 0.05) is 0 Å². The molecule has 1 N–H and O–H groups in total. The summed E-state index contributed by atoms with van der Waals surface area (Å²) < 4.78 is 16.7. The minimum Gasteiger partial charge on any atom is -0.505 e. The molecule has 0 amide bonds. The van der Waals surface area contributed by atoms with Gasteiger partial charge >= 0.3 is 0 Å². The first kappa shape index (κ1) is 14.3. The molecular formula is C16H16N2O4. The Hall–Kier alpha value is -2.60. The van der Waals surface area contributed by atoms with Crippen LogP contribution < -0.4 is 9.47 Å². The van der Waals surface area contributed by atoms with Gasteiger partial charge in [0.1, 0.15) is 30.4 Å². The van der Waals surface area contributed by atoms with E-state index < -0.39 is 0 Å². The number of fused-ring (bicyclic) bond motifs is 2. The first-order valence-electron chi connectivity index (χ1n) is 7.01. The summed E-state index contributed by atoms with van der Waals surface area (Å²) in [4.78, 5) is 0. The number of phenols is 1. The van der Waals surface area contributed by atoms with Crippen LogP contribution in [0.1, 0.15) is 0 Å². The van der Waals surface area contributed by atoms with Gasteiger partial charge in [0.15, 0.2) is 11.4 Å². The number of hydrogen-bond acceptors (Lipinski definition) is 6. The Morgan fingerprint density at radius 2 is 1.50 bits per heavy atom. The van der Waals surface area contributed by atoms with Crippen LogP contribution in [-0.2, 0) is 4.74 Å². The lowest BCUT2D eigenvalue weighted by Crippen LogP contribution is -2.12. The predicted molar refractivity (Wildman–Crippen MR) is 80.5 cm³/mol. The van der Waals surface area contributed by atoms with E-state index in [1.807, 2.05) is 18.2 Å². The zero-order valence-electron chi connectivity index (χ0n) is 11.9. The molecule has 22 heavy (non-hydrogen) atoms. The van der Waals surface area contributed by atoms with Crippen LogP contribution in [0.4, 0.5) is 11.4 Å². The number of hydrogen-bond donors (Lipinski definition) is 1. The summed E-state index contributed by atoms with van der Waals surface area (Å²) in [6.45, 7) is 1.67. The standard InChI is InChI=1S/C16H16N2O4/c19-13-5-3-7-15-16(13)18-17-12-4-1-2-6-14(12)21-10-8-20-9-11-22-15/h1-7,19H,8-11H2. The molecule has 0 bridgehead atoms. The van der Waals surface area contributed by atoms with Crippen molar-refractivity contribution in [3.63, 3.8) is 0 Å². The summed E-state index contributed by atoms with van der Waals surface area (Å²) in [5.74, 6) is 1.09. The molecule has 6 heteroatoms. The van der Waals surface area contributed by atoms with E-state index in [0.717, 1.165) is 0 Å². The zero-order valence-corrected chi connectivity index (χ0v) is 11.9. The van der Waals surface area contributed by atoms with E-state index in [-0.39, 0.29) is 11.4 Å². The summed E-state index contributed by atoms with van der Waals surface area (Å²) in [6, 6.07) is 12.3. The van der Waals surface area contributed by atoms with Crippen LogP contribution in [0.2, 0.25) is 0 Å². The molecule has 1 aliphatic heterocycles. The number of azo groups is 1. The second-order valence-corrected chi connectivity index (χ2v) is 4.60. The Morgan fingerprint density at radius 1 is 0.773 bits per heavy atom. The Labute approximate surface area is 128 Å². The van der Waals surface area contributed by atoms with E-state index in [1.54, 1.807) is 18.2 Å². The van der Waals surface area contributed by atoms with Crippen LogP contribution in [0.3, 0.4) is 0 Å². The van der Waals surface area contributed by atoms with E-state index in [4.69, 9.17) is 14.2 Å². The highest BCUT2D eigenvalue weighted by Gasteiger charge is 2.10. The van der Waals surface area contributed by atoms with E-state index in [9.17, 15) is 5.11 Å². The average molecular weight is 300 g/mol. The number of nitrogens with zero attached hydrogens (tertiary/aromatic N) is 2. The zero-order chi connectivity index (χ0) is 15.2. The molecule has 2 aromatic carbocycles. The number of benzene rings is 2. The summed E-state index contributed by atoms with van der Waals surface area (Å²) in [5.41, 5.74) is 0.868. The van der Waals surface area contributed by atoms with Gasteiger partial charge in [-0.2, -0.15) is 0 Å². The van der Waals surface area contributed by atoms with E-state index in [1.165, 1.54) is 6.07 Å². The molecule has 0 aromatic heterocycles. The molecule has 6 nitrogen and oxygen atoms in total. The third-order valence-corrected chi connectivity index (χ3v) is 3.07. The second kappa shape index (κ2) is 6.91. The van der Waals surface area contributed by atoms with Crippen molar-refractivity contribution < 1.29 is 19.3 Å². The Morgan fingerprint density at radius 3 is 2.36 bits per heavy atom. The van der Waals surface area contributed by atoms with Crippen molar-refractivity contribution in [1.82, 2.24) is 0 Å². The van der Waals surface area contributed by atoms with Crippen molar-refractivity contribution in [3.05, 3.63) is 42.5 Å². The summed E-state index contributed by atoms with van der Waals surface area (Å²) in [7, 11) is 0. The van der Waals surface area contributed by atoms with Gasteiger partial charge in [-0.15, -0.1) is 10.2 Å². The molecule has 0 spiro atoms. The van der Waals surface area contributed by atoms with E-state index >= 15 is 0 Å². The summed E-state index contributed by atoms with van der Waals surface area (Å²) in [6.07, 6.45) is 0. The average Bonchev–Trinajstić information content (AvgIpc) is 2.55. The van der Waals surface area contributed by atoms with Gasteiger partial charge in [-0.05, 0) is 24.3 Å². The Kier molecular flexibility index (Phi) is 4.50. The van der Waals surface area contributed by atoms with Crippen LogP contribution in [-0.4, -0.2) is 31.5 Å². The summed E-state index contributed by atoms with van der Waals surface area (Å²) >= 11 is 0. The van der Waals surface area contributed by atoms with Crippen LogP contribution in [0.5, 0.6) is 17.2 Å². The number of aromatic hydroxyl groups is 1. The van der Waals surface area contributed by atoms with Crippen LogP contribution in [0, 0.1) is 0 Å². The molecule has 1 heterocycles. The molecule has 1 aliphatic rings. The van der Waals surface area contributed by atoms with Gasteiger partial charge < -0.3 is 19.3 Å². The molecular weight excluding hydrogens is 284 g/mol. The molecule has 114 valence electrons. The third-order valence-electron chi connectivity index (χ3n) is 3.07. The topological polar surface area (TPSA) is 72.6 Å². The molecule has 3 rings (SSSR count). The van der Waals surface area contributed by atoms with E-state index in [0.29, 0.717) is 43.6 Å². The van der Waals surface area contributed by atoms with Gasteiger partial charge in [0.2, 0.25) is 0 Å². The van der Waals surface area contributed by atoms with Crippen LogP contribution in [0.25, 0.3) is 0 Å². The fraction of sp³-hybridized carbons (Fsp3) is 0.250. The van der Waals surface area contributed by atoms with Gasteiger partial charge in [0.25, 0.3) is 0 Å². The highest BCUT2D eigenvalue weighted by atomic mass is 16.5. The third kappa shape index (κ3) is 3.35. The van der Waals surface area contributed by atoms with Gasteiger partial charge in [-0.25, -0.2) is 0 Å². The van der Waals surface area contributed by atoms with Gasteiger partial charge in [-0.1, -0.05) is 18.2 Å². The molecule has 0 unspecified atom stereocenters. The maximum Gasteiger partial charge on any atom is 0.169 e. The number of rotatable bonds is 0. The first-order chi connectivity index (χ1) is 10.8. The predicted octanol–water partition coefficient (Wildman–Crippen LogP) is 3.60. The molecule has 0 fully saturated rings. The Balaban J connectivity index is 1.98. The number of phenolic OH excluding ortho intramolecular Hbond substituents is 1. The van der Waals surface area contributed by atoms with Crippen molar-refractivity contribution >= 4 is 11.4 Å². The molecule has 0 radical (unpaired) electrons. The highest BCUT2D eigenvalue weighted by molar-refractivity contribution is 5.61. The van der Waals surface area contributed by atoms with Crippen molar-refractivity contribution in [2.45, 2.75) is 0 Å². The maximum absolute atomic E-state index is 9.97. The number of para-hydroxylation sites is 1. The van der Waals surface area contributed by atoms with Gasteiger partial charge in [-0.3, -0.25) is 0 Å². The molecule has 0 aliphatic carbocycles. The second-order valence-electron chi connectivity index (χ2n) is 4.60. The minimum absolute atomic E-state index is 0.00967. The maximum atomic E-state index is 9.97. The fourth-order valence-corrected chi connectivity index (χ4v) is 2.02. The first-order valence-corrected chi connectivity index (χ1v) is 7.01. The van der Waals surface area contributed by atoms with Crippen LogP contribution >= 0.6 is 0 Å². The van der Waals surface area contributed by atoms with Crippen molar-refractivity contribution in [2.24, 2.45) is 10.2 Å². The van der Waals surface area contributed by atoms with Gasteiger partial charge in [0.05, 0.1) is 13.2 Å². The molecule has 0 atom stereocenters. The van der Waals surface area contributed by atoms with Crippen molar-refractivity contribution in [3.8, 4) is 17.2 Å². The quantitative estimate of drug-likeness (QED) is 0.807. The number of ether oxygens (including phenoxy) is 3. The Bertz CT molecular complexity index is 673. The summed E-state index contributed by atoms with van der Waals surface area (Å²) in [5, 5.41) is 18.3. The molecule has 0 saturated heterocycles. The normalized spacial score (nSPS) is 15.1. The van der Waals surface area contributed by atoms with Crippen molar-refractivity contribution in [1.29, 1.82) is 0 Å². The lowest BCUT2D eigenvalue weighted by molar-refractivity contribution is 0.0768. The lowest BCUT2D eigenvalue weighted by Gasteiger charge is -2.09. The van der Waals surface area contributed by atoms with Crippen molar-refractivity contribution in [2.75, 3.05) is 26.4 Å². The smallest absolute Gasteiger partial charge is 0.169 e. The van der Waals surface area contributed by atoms with E-state index in [2.05, 4.69) is 10.2 Å². The fourth-order valence-electron chi connectivity index (χ4n) is 2.02. The SMILES string of the molecule is Oc1cccc2c1N=Nc1ccccc1OCCOCCO2. The largest absolute Gasteiger partial charge is 0.505 e. The lowest BCUT2D eigenvalue weighted by atomic mass is 10.3. The molecule has 0 saturated carbocycles.